The summed E-state index contributed by atoms with van der Waals surface area (Å²) in [6, 6.07) is 5.91. The van der Waals surface area contributed by atoms with Gasteiger partial charge in [-0.3, -0.25) is 4.57 Å². The predicted molar refractivity (Wildman–Crippen MR) is 57.0 cm³/mol. The van der Waals surface area contributed by atoms with Gasteiger partial charge in [0.05, 0.1) is 0 Å². The van der Waals surface area contributed by atoms with Crippen LogP contribution in [0.4, 0.5) is 0 Å². The van der Waals surface area contributed by atoms with Crippen molar-refractivity contribution in [1.82, 2.24) is 9.55 Å². The predicted octanol–water partition coefficient (Wildman–Crippen LogP) is 2.97. The van der Waals surface area contributed by atoms with E-state index in [0.717, 1.165) is 15.5 Å². The Kier molecular flexibility index (Phi) is 2.24. The second kappa shape index (κ2) is 3.40. The topological polar surface area (TPSA) is 17.8 Å². The zero-order valence-corrected chi connectivity index (χ0v) is 8.73. The fraction of sp³-hybridized carbons (Fsp3) is 0.111. The molecule has 13 heavy (non-hydrogen) atoms. The van der Waals surface area contributed by atoms with Crippen molar-refractivity contribution < 1.29 is 0 Å². The molecule has 66 valence electrons. The Balaban J connectivity index is 2.59. The Hall–Kier alpha value is -1.00. The summed E-state index contributed by atoms with van der Waals surface area (Å²) in [6.07, 6.45) is 1.94. The molecule has 4 heteroatoms. The van der Waals surface area contributed by atoms with Crippen LogP contribution < -0.4 is 0 Å². The zero-order chi connectivity index (χ0) is 9.26. The highest BCUT2D eigenvalue weighted by atomic mass is 32.1. The molecule has 0 spiro atoms. The van der Waals surface area contributed by atoms with E-state index >= 15 is 0 Å². The summed E-state index contributed by atoms with van der Waals surface area (Å²) in [4.78, 5) is 4.38. The maximum absolute atomic E-state index is 5.15. The number of thiazole rings is 1. The first-order chi connectivity index (χ1) is 6.27. The molecule has 2 heterocycles. The van der Waals surface area contributed by atoms with Crippen LogP contribution in [0.2, 0.25) is 0 Å². The molecule has 0 bridgehead atoms. The Bertz CT molecular complexity index is 470. The van der Waals surface area contributed by atoms with Gasteiger partial charge in [0, 0.05) is 17.3 Å². The molecule has 2 nitrogen and oxygen atoms in total. The fourth-order valence-corrected chi connectivity index (χ4v) is 1.99. The zero-order valence-electron chi connectivity index (χ0n) is 7.10. The first kappa shape index (κ1) is 8.59. The summed E-state index contributed by atoms with van der Waals surface area (Å²) in [5.41, 5.74) is 1.01. The number of hydrogen-bond acceptors (Lipinski definition) is 3. The van der Waals surface area contributed by atoms with Gasteiger partial charge in [-0.15, -0.1) is 11.3 Å². The molecule has 0 radical (unpaired) electrons. The summed E-state index contributed by atoms with van der Waals surface area (Å²) in [5.74, 6) is 0.895. The Morgan fingerprint density at radius 3 is 2.92 bits per heavy atom. The number of rotatable bonds is 1. The minimum Gasteiger partial charge on any atom is -0.283 e. The highest BCUT2D eigenvalue weighted by Crippen LogP contribution is 2.10. The summed E-state index contributed by atoms with van der Waals surface area (Å²) in [7, 11) is 0. The van der Waals surface area contributed by atoms with Crippen molar-refractivity contribution in [3.63, 3.8) is 0 Å². The van der Waals surface area contributed by atoms with Gasteiger partial charge in [-0.05, 0) is 31.3 Å². The van der Waals surface area contributed by atoms with E-state index in [1.54, 1.807) is 11.3 Å². The lowest BCUT2D eigenvalue weighted by molar-refractivity contribution is 0.982. The number of nitrogens with zero attached hydrogens (tertiary/aromatic N) is 2. The minimum absolute atomic E-state index is 0.832. The lowest BCUT2D eigenvalue weighted by Crippen LogP contribution is -1.95. The molecule has 0 aliphatic rings. The van der Waals surface area contributed by atoms with Gasteiger partial charge in [0.25, 0.3) is 0 Å². The quantitative estimate of drug-likeness (QED) is 0.670. The van der Waals surface area contributed by atoms with Gasteiger partial charge in [0.2, 0.25) is 0 Å². The van der Waals surface area contributed by atoms with Crippen molar-refractivity contribution >= 4 is 23.6 Å². The van der Waals surface area contributed by atoms with Crippen molar-refractivity contribution in [2.75, 3.05) is 0 Å². The molecule has 0 saturated carbocycles. The van der Waals surface area contributed by atoms with Crippen LogP contribution in [-0.2, 0) is 0 Å². The Morgan fingerprint density at radius 2 is 2.31 bits per heavy atom. The lowest BCUT2D eigenvalue weighted by Gasteiger charge is -2.01. The van der Waals surface area contributed by atoms with Crippen LogP contribution in [0.25, 0.3) is 5.82 Å². The standard InChI is InChI=1S/C9H8N2S2/c1-7-3-2-4-8(10-7)11-5-6-13-9(11)12/h2-6H,1H3. The smallest absolute Gasteiger partial charge is 0.166 e. The number of aromatic nitrogens is 2. The third-order valence-electron chi connectivity index (χ3n) is 1.70. The fourth-order valence-electron chi connectivity index (χ4n) is 1.10. The molecule has 2 rings (SSSR count). The van der Waals surface area contributed by atoms with Gasteiger partial charge >= 0.3 is 0 Å². The summed E-state index contributed by atoms with van der Waals surface area (Å²) in [5, 5.41) is 1.96. The maximum atomic E-state index is 5.15. The summed E-state index contributed by atoms with van der Waals surface area (Å²) >= 11 is 6.69. The first-order valence-corrected chi connectivity index (χ1v) is 5.16. The molecule has 0 saturated heterocycles. The number of hydrogen-bond donors (Lipinski definition) is 0. The van der Waals surface area contributed by atoms with Crippen molar-refractivity contribution in [1.29, 1.82) is 0 Å². The summed E-state index contributed by atoms with van der Waals surface area (Å²) < 4.78 is 2.74. The average Bonchev–Trinajstić information content (AvgIpc) is 2.51. The monoisotopic (exact) mass is 208 g/mol. The second-order valence-electron chi connectivity index (χ2n) is 2.68. The van der Waals surface area contributed by atoms with E-state index in [1.165, 1.54) is 0 Å². The largest absolute Gasteiger partial charge is 0.283 e. The van der Waals surface area contributed by atoms with Crippen molar-refractivity contribution in [2.24, 2.45) is 0 Å². The third kappa shape index (κ3) is 1.68. The van der Waals surface area contributed by atoms with E-state index in [9.17, 15) is 0 Å². The van der Waals surface area contributed by atoms with Crippen LogP contribution in [0, 0.1) is 10.9 Å². The molecule has 0 amide bonds. The van der Waals surface area contributed by atoms with Crippen LogP contribution >= 0.6 is 23.6 Å². The van der Waals surface area contributed by atoms with Gasteiger partial charge in [0.15, 0.2) is 3.95 Å². The van der Waals surface area contributed by atoms with Crippen LogP contribution in [0.3, 0.4) is 0 Å². The van der Waals surface area contributed by atoms with Crippen molar-refractivity contribution in [3.8, 4) is 5.82 Å². The van der Waals surface area contributed by atoms with Gasteiger partial charge in [-0.2, -0.15) is 0 Å². The van der Waals surface area contributed by atoms with Crippen LogP contribution in [0.15, 0.2) is 29.8 Å². The minimum atomic E-state index is 0.832. The van der Waals surface area contributed by atoms with Crippen molar-refractivity contribution in [2.45, 2.75) is 6.92 Å². The van der Waals surface area contributed by atoms with E-state index in [1.807, 2.05) is 41.3 Å². The second-order valence-corrected chi connectivity index (χ2v) is 4.22. The molecule has 0 aliphatic heterocycles. The van der Waals surface area contributed by atoms with Gasteiger partial charge < -0.3 is 0 Å². The maximum Gasteiger partial charge on any atom is 0.166 e. The Labute approximate surface area is 85.5 Å². The lowest BCUT2D eigenvalue weighted by atomic mass is 10.4. The molecule has 0 unspecified atom stereocenters. The van der Waals surface area contributed by atoms with E-state index in [4.69, 9.17) is 12.2 Å². The normalized spacial score (nSPS) is 10.2. The molecular weight excluding hydrogens is 200 g/mol. The molecule has 0 N–H and O–H groups in total. The van der Waals surface area contributed by atoms with Crippen molar-refractivity contribution in [3.05, 3.63) is 39.4 Å². The molecule has 0 aromatic carbocycles. The van der Waals surface area contributed by atoms with Crippen LogP contribution in [0.5, 0.6) is 0 Å². The van der Waals surface area contributed by atoms with Gasteiger partial charge in [-0.25, -0.2) is 4.98 Å². The van der Waals surface area contributed by atoms with Gasteiger partial charge in [0.1, 0.15) is 5.82 Å². The van der Waals surface area contributed by atoms with E-state index < -0.39 is 0 Å². The Morgan fingerprint density at radius 1 is 1.46 bits per heavy atom. The summed E-state index contributed by atoms with van der Waals surface area (Å²) in [6.45, 7) is 1.97. The first-order valence-electron chi connectivity index (χ1n) is 3.87. The van der Waals surface area contributed by atoms with E-state index in [-0.39, 0.29) is 0 Å². The van der Waals surface area contributed by atoms with E-state index in [0.29, 0.717) is 0 Å². The molecule has 2 aromatic rings. The highest BCUT2D eigenvalue weighted by molar-refractivity contribution is 7.73. The third-order valence-corrected chi connectivity index (χ3v) is 2.84. The molecule has 0 aliphatic carbocycles. The molecule has 2 aromatic heterocycles. The van der Waals surface area contributed by atoms with Gasteiger partial charge in [-0.1, -0.05) is 6.07 Å². The van der Waals surface area contributed by atoms with Crippen LogP contribution in [0.1, 0.15) is 5.69 Å². The SMILES string of the molecule is Cc1cccc(-n2ccsc2=S)n1. The van der Waals surface area contributed by atoms with Crippen LogP contribution in [-0.4, -0.2) is 9.55 Å². The molecular formula is C9H8N2S2. The number of pyridine rings is 1. The highest BCUT2D eigenvalue weighted by Gasteiger charge is 1.98. The molecule has 0 atom stereocenters. The average molecular weight is 208 g/mol. The molecule has 0 fully saturated rings. The number of aryl methyl sites for hydroxylation is 1. The van der Waals surface area contributed by atoms with E-state index in [2.05, 4.69) is 4.98 Å².